The van der Waals surface area contributed by atoms with Gasteiger partial charge in [0.15, 0.2) is 15.6 Å². The van der Waals surface area contributed by atoms with Gasteiger partial charge in [-0.25, -0.2) is 8.42 Å². The van der Waals surface area contributed by atoms with Crippen molar-refractivity contribution >= 4 is 21.3 Å². The molecule has 1 aromatic heterocycles. The summed E-state index contributed by atoms with van der Waals surface area (Å²) in [7, 11) is -3.03. The van der Waals surface area contributed by atoms with Crippen LogP contribution in [0.4, 0.5) is 5.69 Å². The van der Waals surface area contributed by atoms with Crippen LogP contribution >= 0.6 is 0 Å². The predicted octanol–water partition coefficient (Wildman–Crippen LogP) is -0.377. The van der Waals surface area contributed by atoms with E-state index >= 15 is 0 Å². The first-order valence-corrected chi connectivity index (χ1v) is 7.46. The molecule has 3 N–H and O–H groups in total. The summed E-state index contributed by atoms with van der Waals surface area (Å²) in [5.41, 5.74) is 6.40. The van der Waals surface area contributed by atoms with Gasteiger partial charge in [-0.3, -0.25) is 9.78 Å². The van der Waals surface area contributed by atoms with E-state index in [-0.39, 0.29) is 29.8 Å². The zero-order valence-electron chi connectivity index (χ0n) is 9.80. The number of ketones is 1. The van der Waals surface area contributed by atoms with Crippen molar-refractivity contribution < 1.29 is 13.2 Å². The number of Topliss-reactive ketones (excluding diaryl/α,β-unsaturated/α-hetero) is 1. The molecule has 0 aromatic carbocycles. The number of carbonyl (C=O) groups excluding carboxylic acids is 1. The van der Waals surface area contributed by atoms with Crippen molar-refractivity contribution in [2.75, 3.05) is 23.8 Å². The van der Waals surface area contributed by atoms with Crippen molar-refractivity contribution in [2.24, 2.45) is 0 Å². The number of aromatic nitrogens is 1. The molecule has 2 heterocycles. The van der Waals surface area contributed by atoms with Gasteiger partial charge in [0.2, 0.25) is 0 Å². The van der Waals surface area contributed by atoms with Gasteiger partial charge in [-0.15, -0.1) is 0 Å². The number of pyridine rings is 1. The van der Waals surface area contributed by atoms with Gasteiger partial charge < -0.3 is 11.1 Å². The van der Waals surface area contributed by atoms with Crippen molar-refractivity contribution in [1.82, 2.24) is 10.3 Å². The molecule has 0 aliphatic carbocycles. The highest BCUT2D eigenvalue weighted by Gasteiger charge is 2.26. The third kappa shape index (κ3) is 3.05. The SMILES string of the molecule is Nc1ccncc1C(=O)CC1CS(=O)(=O)CCN1. The summed E-state index contributed by atoms with van der Waals surface area (Å²) in [6.07, 6.45) is 3.04. The first-order valence-electron chi connectivity index (χ1n) is 5.64. The highest BCUT2D eigenvalue weighted by Crippen LogP contribution is 2.14. The number of nitrogens with zero attached hydrogens (tertiary/aromatic N) is 1. The number of anilines is 1. The second-order valence-electron chi connectivity index (χ2n) is 4.36. The zero-order valence-corrected chi connectivity index (χ0v) is 10.6. The molecule has 2 rings (SSSR count). The summed E-state index contributed by atoms with van der Waals surface area (Å²) in [4.78, 5) is 15.8. The number of hydrogen-bond donors (Lipinski definition) is 2. The minimum Gasteiger partial charge on any atom is -0.398 e. The summed E-state index contributed by atoms with van der Waals surface area (Å²) >= 11 is 0. The molecular weight excluding hydrogens is 254 g/mol. The molecule has 18 heavy (non-hydrogen) atoms. The van der Waals surface area contributed by atoms with E-state index in [0.717, 1.165) is 0 Å². The monoisotopic (exact) mass is 269 g/mol. The van der Waals surface area contributed by atoms with E-state index < -0.39 is 9.84 Å². The summed E-state index contributed by atoms with van der Waals surface area (Å²) in [6.45, 7) is 0.392. The molecule has 98 valence electrons. The van der Waals surface area contributed by atoms with Crippen LogP contribution in [-0.4, -0.2) is 43.3 Å². The lowest BCUT2D eigenvalue weighted by Crippen LogP contribution is -2.46. The van der Waals surface area contributed by atoms with Crippen LogP contribution in [0, 0.1) is 0 Å². The lowest BCUT2D eigenvalue weighted by Gasteiger charge is -2.23. The van der Waals surface area contributed by atoms with E-state index in [1.165, 1.54) is 12.4 Å². The van der Waals surface area contributed by atoms with E-state index in [0.29, 0.717) is 17.8 Å². The van der Waals surface area contributed by atoms with Crippen LogP contribution in [0.5, 0.6) is 0 Å². The van der Waals surface area contributed by atoms with Crippen LogP contribution in [0.15, 0.2) is 18.5 Å². The van der Waals surface area contributed by atoms with Crippen molar-refractivity contribution in [1.29, 1.82) is 0 Å². The normalized spacial score (nSPS) is 22.6. The molecular formula is C11H15N3O3S. The Morgan fingerprint density at radius 1 is 1.56 bits per heavy atom. The number of nitrogen functional groups attached to an aromatic ring is 1. The van der Waals surface area contributed by atoms with E-state index in [2.05, 4.69) is 10.3 Å². The van der Waals surface area contributed by atoms with Gasteiger partial charge in [-0.05, 0) is 6.07 Å². The van der Waals surface area contributed by atoms with Gasteiger partial charge in [0.25, 0.3) is 0 Å². The average molecular weight is 269 g/mol. The number of rotatable bonds is 3. The molecule has 6 nitrogen and oxygen atoms in total. The van der Waals surface area contributed by atoms with Gasteiger partial charge in [0.05, 0.1) is 17.1 Å². The molecule has 1 unspecified atom stereocenters. The van der Waals surface area contributed by atoms with Gasteiger partial charge >= 0.3 is 0 Å². The number of hydrogen-bond acceptors (Lipinski definition) is 6. The fraction of sp³-hybridized carbons (Fsp3) is 0.455. The smallest absolute Gasteiger partial charge is 0.168 e. The Morgan fingerprint density at radius 2 is 2.33 bits per heavy atom. The molecule has 7 heteroatoms. The van der Waals surface area contributed by atoms with Gasteiger partial charge in [0.1, 0.15) is 0 Å². The van der Waals surface area contributed by atoms with Crippen molar-refractivity contribution in [3.05, 3.63) is 24.0 Å². The van der Waals surface area contributed by atoms with Gasteiger partial charge in [-0.1, -0.05) is 0 Å². The second kappa shape index (κ2) is 5.03. The van der Waals surface area contributed by atoms with Crippen molar-refractivity contribution in [2.45, 2.75) is 12.5 Å². The highest BCUT2D eigenvalue weighted by atomic mass is 32.2. The first kappa shape index (κ1) is 13.0. The molecule has 0 amide bonds. The number of nitrogens with one attached hydrogen (secondary N) is 1. The van der Waals surface area contributed by atoms with Crippen molar-refractivity contribution in [3.63, 3.8) is 0 Å². The van der Waals surface area contributed by atoms with Gasteiger partial charge in [0, 0.05) is 37.1 Å². The van der Waals surface area contributed by atoms with E-state index in [4.69, 9.17) is 5.73 Å². The fourth-order valence-electron chi connectivity index (χ4n) is 1.97. The predicted molar refractivity (Wildman–Crippen MR) is 68.0 cm³/mol. The fourth-order valence-corrected chi connectivity index (χ4v) is 3.41. The first-order chi connectivity index (χ1) is 8.48. The Bertz CT molecular complexity index is 556. The Morgan fingerprint density at radius 3 is 3.00 bits per heavy atom. The maximum atomic E-state index is 12.0. The maximum Gasteiger partial charge on any atom is 0.168 e. The van der Waals surface area contributed by atoms with Crippen LogP contribution in [0.2, 0.25) is 0 Å². The molecule has 0 saturated carbocycles. The molecule has 1 saturated heterocycles. The highest BCUT2D eigenvalue weighted by molar-refractivity contribution is 7.91. The Hall–Kier alpha value is -1.47. The van der Waals surface area contributed by atoms with Crippen LogP contribution in [0.3, 0.4) is 0 Å². The lowest BCUT2D eigenvalue weighted by atomic mass is 10.0. The minimum absolute atomic E-state index is 0.00108. The number of carbonyl (C=O) groups is 1. The number of nitrogens with two attached hydrogens (primary N) is 1. The van der Waals surface area contributed by atoms with Crippen LogP contribution in [0.1, 0.15) is 16.8 Å². The Balaban J connectivity index is 2.06. The standard InChI is InChI=1S/C11H15N3O3S/c12-10-1-2-13-6-9(10)11(15)5-8-7-18(16,17)4-3-14-8/h1-2,6,8,14H,3-5,7H2,(H2,12,13). The zero-order chi connectivity index (χ0) is 13.2. The van der Waals surface area contributed by atoms with Crippen LogP contribution in [0.25, 0.3) is 0 Å². The lowest BCUT2D eigenvalue weighted by molar-refractivity contribution is 0.0972. The molecule has 0 spiro atoms. The molecule has 1 aliphatic heterocycles. The average Bonchev–Trinajstić information content (AvgIpc) is 2.28. The molecule has 1 aromatic rings. The summed E-state index contributed by atoms with van der Waals surface area (Å²) in [5.74, 6) is -0.0544. The largest absolute Gasteiger partial charge is 0.398 e. The molecule has 1 aliphatic rings. The Labute approximate surface area is 106 Å². The molecule has 1 fully saturated rings. The van der Waals surface area contributed by atoms with E-state index in [9.17, 15) is 13.2 Å². The summed E-state index contributed by atoms with van der Waals surface area (Å²) in [6, 6.07) is 1.22. The van der Waals surface area contributed by atoms with Crippen molar-refractivity contribution in [3.8, 4) is 0 Å². The van der Waals surface area contributed by atoms with Gasteiger partial charge in [-0.2, -0.15) is 0 Å². The second-order valence-corrected chi connectivity index (χ2v) is 6.58. The van der Waals surface area contributed by atoms with Crippen LogP contribution < -0.4 is 11.1 Å². The quantitative estimate of drug-likeness (QED) is 0.725. The van der Waals surface area contributed by atoms with E-state index in [1.807, 2.05) is 0 Å². The van der Waals surface area contributed by atoms with E-state index in [1.54, 1.807) is 6.07 Å². The molecule has 0 bridgehead atoms. The minimum atomic E-state index is -3.03. The summed E-state index contributed by atoms with van der Waals surface area (Å²) in [5, 5.41) is 3.03. The Kier molecular flexibility index (Phi) is 3.63. The molecule has 0 radical (unpaired) electrons. The summed E-state index contributed by atoms with van der Waals surface area (Å²) < 4.78 is 22.9. The number of sulfone groups is 1. The van der Waals surface area contributed by atoms with Crippen LogP contribution in [-0.2, 0) is 9.84 Å². The topological polar surface area (TPSA) is 102 Å². The third-order valence-electron chi connectivity index (χ3n) is 2.89. The third-order valence-corrected chi connectivity index (χ3v) is 4.62. The maximum absolute atomic E-state index is 12.0. The molecule has 1 atom stereocenters.